The quantitative estimate of drug-likeness (QED) is 0.588. The van der Waals surface area contributed by atoms with E-state index in [0.29, 0.717) is 0 Å². The van der Waals surface area contributed by atoms with E-state index in [2.05, 4.69) is 10.2 Å². The van der Waals surface area contributed by atoms with Crippen molar-refractivity contribution in [2.75, 3.05) is 13.2 Å². The third kappa shape index (κ3) is 3.25. The van der Waals surface area contributed by atoms with Crippen LogP contribution in [0.2, 0.25) is 0 Å². The zero-order valence-electron chi connectivity index (χ0n) is 5.92. The van der Waals surface area contributed by atoms with Crippen LogP contribution in [0.5, 0.6) is 0 Å². The smallest absolute Gasteiger partial charge is 0.0487 e. The first-order chi connectivity index (χ1) is 5.00. The van der Waals surface area contributed by atoms with Crippen LogP contribution in [0.4, 0.5) is 0 Å². The normalized spacial score (nSPS) is 16.0. The number of hydrogen-bond acceptors (Lipinski definition) is 2. The van der Waals surface area contributed by atoms with Gasteiger partial charge in [-0.05, 0) is 18.9 Å². The Bertz CT molecular complexity index is 110. The van der Waals surface area contributed by atoms with E-state index in [1.807, 2.05) is 6.07 Å². The summed E-state index contributed by atoms with van der Waals surface area (Å²) in [5, 5.41) is 6.21. The van der Waals surface area contributed by atoms with E-state index < -0.39 is 0 Å². The molecule has 1 aliphatic heterocycles. The fourth-order valence-corrected chi connectivity index (χ4v) is 0.725. The molecule has 1 aliphatic rings. The summed E-state index contributed by atoms with van der Waals surface area (Å²) in [7, 11) is 0. The van der Waals surface area contributed by atoms with Crippen molar-refractivity contribution >= 4 is 0 Å². The molecule has 0 aliphatic carbocycles. The van der Waals surface area contributed by atoms with Crippen LogP contribution in [0.3, 0.4) is 0 Å². The Morgan fingerprint density at radius 3 is 2.30 bits per heavy atom. The summed E-state index contributed by atoms with van der Waals surface area (Å²) < 4.78 is 4.94. The van der Waals surface area contributed by atoms with Crippen molar-refractivity contribution in [2.45, 2.75) is 12.8 Å². The van der Waals surface area contributed by atoms with Crippen LogP contribution in [-0.4, -0.2) is 23.4 Å². The van der Waals surface area contributed by atoms with Crippen molar-refractivity contribution < 1.29 is 4.74 Å². The van der Waals surface area contributed by atoms with Gasteiger partial charge in [-0.25, -0.2) is 0 Å². The zero-order valence-corrected chi connectivity index (χ0v) is 5.92. The number of nitrogens with one attached hydrogen (secondary N) is 1. The predicted octanol–water partition coefficient (Wildman–Crippen LogP) is 1.21. The highest BCUT2D eigenvalue weighted by atomic mass is 16.5. The minimum Gasteiger partial charge on any atom is -0.381 e. The summed E-state index contributed by atoms with van der Waals surface area (Å²) in [6, 6.07) is 1.83. The van der Waals surface area contributed by atoms with Gasteiger partial charge in [0.15, 0.2) is 0 Å². The number of H-pyrrole nitrogens is 1. The van der Waals surface area contributed by atoms with Crippen LogP contribution in [0.1, 0.15) is 12.8 Å². The van der Waals surface area contributed by atoms with Crippen LogP contribution in [0.15, 0.2) is 18.5 Å². The Hall–Kier alpha value is -0.830. The van der Waals surface area contributed by atoms with Crippen LogP contribution in [-0.2, 0) is 4.74 Å². The second-order valence-corrected chi connectivity index (χ2v) is 2.09. The number of ether oxygens (including phenoxy) is 1. The molecule has 0 spiro atoms. The van der Waals surface area contributed by atoms with Gasteiger partial charge < -0.3 is 4.74 Å². The minimum atomic E-state index is 1.00. The van der Waals surface area contributed by atoms with Gasteiger partial charge in [0.2, 0.25) is 0 Å². The second kappa shape index (κ2) is 4.99. The average Bonchev–Trinajstić information content (AvgIpc) is 2.67. The van der Waals surface area contributed by atoms with E-state index in [-0.39, 0.29) is 0 Å². The van der Waals surface area contributed by atoms with Crippen LogP contribution in [0, 0.1) is 0 Å². The van der Waals surface area contributed by atoms with Crippen molar-refractivity contribution in [3.63, 3.8) is 0 Å². The summed E-state index contributed by atoms with van der Waals surface area (Å²) >= 11 is 0. The predicted molar refractivity (Wildman–Crippen MR) is 38.6 cm³/mol. The maximum atomic E-state index is 4.94. The molecule has 2 heterocycles. The lowest BCUT2D eigenvalue weighted by molar-refractivity contribution is 0.198. The second-order valence-electron chi connectivity index (χ2n) is 2.09. The maximum absolute atomic E-state index is 4.94. The standard InChI is InChI=1S/C4H8O.C3H4N2/c2*1-2-4-5-3-1/h1-4H2;1-3H,(H,4,5). The van der Waals surface area contributed by atoms with Crippen molar-refractivity contribution in [3.05, 3.63) is 18.5 Å². The molecule has 0 atom stereocenters. The summed E-state index contributed by atoms with van der Waals surface area (Å²) in [5.74, 6) is 0. The van der Waals surface area contributed by atoms with E-state index in [4.69, 9.17) is 4.74 Å². The van der Waals surface area contributed by atoms with Gasteiger partial charge in [-0.2, -0.15) is 5.10 Å². The first kappa shape index (κ1) is 7.28. The van der Waals surface area contributed by atoms with E-state index in [1.165, 1.54) is 12.8 Å². The SMILES string of the molecule is C1CCOC1.c1cn[nH]c1. The largest absolute Gasteiger partial charge is 0.381 e. The molecule has 1 aromatic rings. The lowest BCUT2D eigenvalue weighted by Gasteiger charge is -1.76. The Morgan fingerprint density at radius 1 is 1.30 bits per heavy atom. The molecular weight excluding hydrogens is 128 g/mol. The van der Waals surface area contributed by atoms with Gasteiger partial charge in [-0.15, -0.1) is 0 Å². The van der Waals surface area contributed by atoms with Gasteiger partial charge >= 0.3 is 0 Å². The molecular formula is C7H12N2O. The molecule has 1 N–H and O–H groups in total. The number of nitrogens with zero attached hydrogens (tertiary/aromatic N) is 1. The Kier molecular flexibility index (Phi) is 3.64. The molecule has 3 nitrogen and oxygen atoms in total. The lowest BCUT2D eigenvalue weighted by Crippen LogP contribution is -1.74. The highest BCUT2D eigenvalue weighted by Crippen LogP contribution is 1.98. The van der Waals surface area contributed by atoms with Crippen LogP contribution < -0.4 is 0 Å². The van der Waals surface area contributed by atoms with Crippen molar-refractivity contribution in [1.82, 2.24) is 10.2 Å². The van der Waals surface area contributed by atoms with Crippen molar-refractivity contribution in [2.24, 2.45) is 0 Å². The van der Waals surface area contributed by atoms with Crippen LogP contribution in [0.25, 0.3) is 0 Å². The summed E-state index contributed by atoms with van der Waals surface area (Å²) in [6.45, 7) is 2.00. The van der Waals surface area contributed by atoms with Gasteiger partial charge in [0.05, 0.1) is 0 Å². The number of aromatic amines is 1. The zero-order chi connectivity index (χ0) is 7.07. The van der Waals surface area contributed by atoms with Crippen molar-refractivity contribution in [3.8, 4) is 0 Å². The minimum absolute atomic E-state index is 1.00. The molecule has 1 saturated heterocycles. The third-order valence-electron chi connectivity index (χ3n) is 1.23. The van der Waals surface area contributed by atoms with Gasteiger partial charge in [0.1, 0.15) is 0 Å². The highest BCUT2D eigenvalue weighted by Gasteiger charge is 1.94. The Balaban J connectivity index is 0.0000001000. The van der Waals surface area contributed by atoms with E-state index in [0.717, 1.165) is 13.2 Å². The first-order valence-corrected chi connectivity index (χ1v) is 3.51. The lowest BCUT2D eigenvalue weighted by atomic mass is 10.4. The number of hydrogen-bond donors (Lipinski definition) is 1. The van der Waals surface area contributed by atoms with Gasteiger partial charge in [-0.1, -0.05) is 0 Å². The molecule has 0 amide bonds. The van der Waals surface area contributed by atoms with E-state index in [1.54, 1.807) is 12.4 Å². The number of rotatable bonds is 0. The van der Waals surface area contributed by atoms with Crippen LogP contribution >= 0.6 is 0 Å². The molecule has 0 saturated carbocycles. The molecule has 0 radical (unpaired) electrons. The van der Waals surface area contributed by atoms with Gasteiger partial charge in [-0.3, -0.25) is 5.10 Å². The van der Waals surface area contributed by atoms with Gasteiger partial charge in [0, 0.05) is 25.6 Å². The molecule has 2 rings (SSSR count). The monoisotopic (exact) mass is 140 g/mol. The average molecular weight is 140 g/mol. The molecule has 1 aromatic heterocycles. The van der Waals surface area contributed by atoms with Gasteiger partial charge in [0.25, 0.3) is 0 Å². The first-order valence-electron chi connectivity index (χ1n) is 3.51. The van der Waals surface area contributed by atoms with E-state index in [9.17, 15) is 0 Å². The topological polar surface area (TPSA) is 37.9 Å². The molecule has 0 aromatic carbocycles. The molecule has 10 heavy (non-hydrogen) atoms. The molecule has 0 bridgehead atoms. The fraction of sp³-hybridized carbons (Fsp3) is 0.571. The summed E-state index contributed by atoms with van der Waals surface area (Å²) in [6.07, 6.45) is 6.01. The molecule has 56 valence electrons. The molecule has 0 unspecified atom stereocenters. The van der Waals surface area contributed by atoms with Crippen molar-refractivity contribution in [1.29, 1.82) is 0 Å². The maximum Gasteiger partial charge on any atom is 0.0487 e. The Morgan fingerprint density at radius 2 is 2.10 bits per heavy atom. The summed E-state index contributed by atoms with van der Waals surface area (Å²) in [5.41, 5.74) is 0. The van der Waals surface area contributed by atoms with E-state index >= 15 is 0 Å². The third-order valence-corrected chi connectivity index (χ3v) is 1.23. The summed E-state index contributed by atoms with van der Waals surface area (Å²) in [4.78, 5) is 0. The number of aromatic nitrogens is 2. The Labute approximate surface area is 60.4 Å². The molecule has 1 fully saturated rings. The fourth-order valence-electron chi connectivity index (χ4n) is 0.725. The highest BCUT2D eigenvalue weighted by molar-refractivity contribution is 4.72. The molecule has 3 heteroatoms.